The first kappa shape index (κ1) is 15.5. The van der Waals surface area contributed by atoms with Crippen LogP contribution in [0.2, 0.25) is 0 Å². The highest BCUT2D eigenvalue weighted by Gasteiger charge is 2.24. The third kappa shape index (κ3) is 5.29. The van der Waals surface area contributed by atoms with Gasteiger partial charge in [0.15, 0.2) is 0 Å². The number of nitrogens with zero attached hydrogens (tertiary/aromatic N) is 1. The number of hydrogen-bond donors (Lipinski definition) is 2. The maximum atomic E-state index is 9.20. The van der Waals surface area contributed by atoms with Crippen LogP contribution in [0.5, 0.6) is 5.75 Å². The molecule has 1 aromatic carbocycles. The van der Waals surface area contributed by atoms with Crippen molar-refractivity contribution in [2.24, 2.45) is 0 Å². The number of aliphatic hydroxyl groups is 1. The maximum absolute atomic E-state index is 9.20. The van der Waals surface area contributed by atoms with Crippen molar-refractivity contribution >= 4 is 0 Å². The van der Waals surface area contributed by atoms with E-state index in [9.17, 15) is 5.26 Å². The first-order chi connectivity index (χ1) is 8.99. The van der Waals surface area contributed by atoms with Crippen LogP contribution in [0.4, 0.5) is 0 Å². The Labute approximate surface area is 115 Å². The van der Waals surface area contributed by atoms with E-state index < -0.39 is 5.54 Å². The first-order valence-corrected chi connectivity index (χ1v) is 6.50. The van der Waals surface area contributed by atoms with Crippen molar-refractivity contribution in [2.45, 2.75) is 45.4 Å². The summed E-state index contributed by atoms with van der Waals surface area (Å²) in [5.74, 6) is 0.752. The van der Waals surface area contributed by atoms with Gasteiger partial charge in [0.05, 0.1) is 19.3 Å². The molecule has 0 spiro atoms. The van der Waals surface area contributed by atoms with E-state index in [1.54, 1.807) is 0 Å². The van der Waals surface area contributed by atoms with Gasteiger partial charge in [-0.2, -0.15) is 5.26 Å². The number of ether oxygens (including phenoxy) is 1. The molecule has 0 bridgehead atoms. The Morgan fingerprint density at radius 2 is 2.00 bits per heavy atom. The van der Waals surface area contributed by atoms with E-state index in [0.717, 1.165) is 11.3 Å². The molecule has 0 aromatic heterocycles. The summed E-state index contributed by atoms with van der Waals surface area (Å²) in [6.45, 7) is 6.42. The van der Waals surface area contributed by atoms with E-state index in [-0.39, 0.29) is 12.6 Å². The zero-order valence-corrected chi connectivity index (χ0v) is 11.8. The second kappa shape index (κ2) is 7.13. The summed E-state index contributed by atoms with van der Waals surface area (Å²) in [6.07, 6.45) is 0.615. The molecule has 0 amide bonds. The molecular weight excluding hydrogens is 240 g/mol. The quantitative estimate of drug-likeness (QED) is 0.791. The molecule has 0 aliphatic rings. The number of nitriles is 1. The van der Waals surface area contributed by atoms with Crippen LogP contribution in [0, 0.1) is 11.3 Å². The van der Waals surface area contributed by atoms with Crippen molar-refractivity contribution in [2.75, 3.05) is 6.61 Å². The fourth-order valence-corrected chi connectivity index (χ4v) is 1.86. The molecule has 1 unspecified atom stereocenters. The van der Waals surface area contributed by atoms with Gasteiger partial charge in [-0.05, 0) is 38.5 Å². The highest BCUT2D eigenvalue weighted by molar-refractivity contribution is 5.26. The minimum Gasteiger partial charge on any atom is -0.493 e. The van der Waals surface area contributed by atoms with Gasteiger partial charge in [0.2, 0.25) is 0 Å². The smallest absolute Gasteiger partial charge is 0.119 e. The van der Waals surface area contributed by atoms with Crippen molar-refractivity contribution in [1.82, 2.24) is 5.32 Å². The standard InChI is InChI=1S/C15H22N2O2/c1-12(2)17-15(3,11-16)8-9-19-14-6-4-13(10-18)5-7-14/h4-7,12,17-18H,8-10H2,1-3H3. The summed E-state index contributed by atoms with van der Waals surface area (Å²) in [5, 5.41) is 21.4. The molecule has 0 heterocycles. The Bertz CT molecular complexity index is 423. The molecule has 104 valence electrons. The van der Waals surface area contributed by atoms with Crippen LogP contribution >= 0.6 is 0 Å². The zero-order valence-electron chi connectivity index (χ0n) is 11.8. The lowest BCUT2D eigenvalue weighted by Gasteiger charge is -2.25. The van der Waals surface area contributed by atoms with Gasteiger partial charge < -0.3 is 9.84 Å². The Kier molecular flexibility index (Phi) is 5.81. The SMILES string of the molecule is CC(C)NC(C)(C#N)CCOc1ccc(CO)cc1. The van der Waals surface area contributed by atoms with Crippen molar-refractivity contribution < 1.29 is 9.84 Å². The topological polar surface area (TPSA) is 65.3 Å². The maximum Gasteiger partial charge on any atom is 0.119 e. The zero-order chi connectivity index (χ0) is 14.3. The Morgan fingerprint density at radius 3 is 2.47 bits per heavy atom. The van der Waals surface area contributed by atoms with Crippen LogP contribution in [0.1, 0.15) is 32.8 Å². The summed E-state index contributed by atoms with van der Waals surface area (Å²) in [7, 11) is 0. The second-order valence-electron chi connectivity index (χ2n) is 5.14. The lowest BCUT2D eigenvalue weighted by Crippen LogP contribution is -2.45. The van der Waals surface area contributed by atoms with Gasteiger partial charge in [-0.25, -0.2) is 0 Å². The largest absolute Gasteiger partial charge is 0.493 e. The molecule has 0 saturated heterocycles. The summed E-state index contributed by atoms with van der Waals surface area (Å²) in [4.78, 5) is 0. The minimum atomic E-state index is -0.570. The fraction of sp³-hybridized carbons (Fsp3) is 0.533. The highest BCUT2D eigenvalue weighted by Crippen LogP contribution is 2.15. The van der Waals surface area contributed by atoms with E-state index in [1.165, 1.54) is 0 Å². The number of hydrogen-bond acceptors (Lipinski definition) is 4. The van der Waals surface area contributed by atoms with Crippen LogP contribution in [-0.2, 0) is 6.61 Å². The summed E-state index contributed by atoms with van der Waals surface area (Å²) in [6, 6.07) is 9.85. The van der Waals surface area contributed by atoms with E-state index in [0.29, 0.717) is 13.0 Å². The van der Waals surface area contributed by atoms with Crippen LogP contribution in [0.25, 0.3) is 0 Å². The van der Waals surface area contributed by atoms with E-state index in [1.807, 2.05) is 45.0 Å². The fourth-order valence-electron chi connectivity index (χ4n) is 1.86. The molecule has 0 aliphatic heterocycles. The molecule has 0 saturated carbocycles. The molecule has 0 fully saturated rings. The average molecular weight is 262 g/mol. The Morgan fingerprint density at radius 1 is 1.37 bits per heavy atom. The molecule has 0 radical (unpaired) electrons. The molecule has 4 heteroatoms. The van der Waals surface area contributed by atoms with Gasteiger partial charge in [0.1, 0.15) is 11.3 Å². The monoisotopic (exact) mass is 262 g/mol. The predicted octanol–water partition coefficient (Wildman–Crippen LogP) is 2.23. The van der Waals surface area contributed by atoms with Crippen LogP contribution < -0.4 is 10.1 Å². The van der Waals surface area contributed by atoms with Crippen LogP contribution in [0.3, 0.4) is 0 Å². The normalized spacial score (nSPS) is 13.9. The van der Waals surface area contributed by atoms with Gasteiger partial charge in [0, 0.05) is 12.5 Å². The van der Waals surface area contributed by atoms with Crippen molar-refractivity contribution in [1.29, 1.82) is 5.26 Å². The summed E-state index contributed by atoms with van der Waals surface area (Å²) in [5.41, 5.74) is 0.287. The van der Waals surface area contributed by atoms with E-state index in [2.05, 4.69) is 11.4 Å². The predicted molar refractivity (Wildman–Crippen MR) is 74.8 cm³/mol. The lowest BCUT2D eigenvalue weighted by atomic mass is 9.99. The molecule has 1 atom stereocenters. The van der Waals surface area contributed by atoms with Gasteiger partial charge in [-0.1, -0.05) is 12.1 Å². The van der Waals surface area contributed by atoms with Gasteiger partial charge in [0.25, 0.3) is 0 Å². The van der Waals surface area contributed by atoms with Crippen LogP contribution in [-0.4, -0.2) is 23.3 Å². The van der Waals surface area contributed by atoms with E-state index >= 15 is 0 Å². The Hall–Kier alpha value is -1.57. The molecular formula is C15H22N2O2. The minimum absolute atomic E-state index is 0.0328. The third-order valence-electron chi connectivity index (χ3n) is 2.83. The van der Waals surface area contributed by atoms with Crippen molar-refractivity contribution in [3.63, 3.8) is 0 Å². The van der Waals surface area contributed by atoms with Crippen LogP contribution in [0.15, 0.2) is 24.3 Å². The Balaban J connectivity index is 2.46. The summed E-state index contributed by atoms with van der Waals surface area (Å²) < 4.78 is 5.61. The van der Waals surface area contributed by atoms with Gasteiger partial charge in [-0.15, -0.1) is 0 Å². The molecule has 2 N–H and O–H groups in total. The molecule has 0 aliphatic carbocycles. The number of benzene rings is 1. The first-order valence-electron chi connectivity index (χ1n) is 6.50. The van der Waals surface area contributed by atoms with Crippen molar-refractivity contribution in [3.05, 3.63) is 29.8 Å². The van der Waals surface area contributed by atoms with Gasteiger partial charge in [-0.3, -0.25) is 5.32 Å². The molecule has 1 rings (SSSR count). The van der Waals surface area contributed by atoms with Gasteiger partial charge >= 0.3 is 0 Å². The second-order valence-corrected chi connectivity index (χ2v) is 5.14. The summed E-state index contributed by atoms with van der Waals surface area (Å²) >= 11 is 0. The molecule has 4 nitrogen and oxygen atoms in total. The lowest BCUT2D eigenvalue weighted by molar-refractivity contribution is 0.259. The molecule has 1 aromatic rings. The third-order valence-corrected chi connectivity index (χ3v) is 2.83. The number of rotatable bonds is 7. The number of aliphatic hydroxyl groups excluding tert-OH is 1. The highest BCUT2D eigenvalue weighted by atomic mass is 16.5. The van der Waals surface area contributed by atoms with E-state index in [4.69, 9.17) is 9.84 Å². The molecule has 19 heavy (non-hydrogen) atoms. The van der Waals surface area contributed by atoms with Crippen molar-refractivity contribution in [3.8, 4) is 11.8 Å². The average Bonchev–Trinajstić information content (AvgIpc) is 2.38. The number of nitrogens with one attached hydrogen (secondary N) is 1.